The average Bonchev–Trinajstić information content (AvgIpc) is 2.82. The molecule has 1 saturated carbocycles. The topological polar surface area (TPSA) is 60.4 Å². The van der Waals surface area contributed by atoms with Crippen molar-refractivity contribution in [1.82, 2.24) is 0 Å². The highest BCUT2D eigenvalue weighted by Crippen LogP contribution is 2.66. The van der Waals surface area contributed by atoms with Gasteiger partial charge in [0.15, 0.2) is 0 Å². The van der Waals surface area contributed by atoms with Crippen molar-refractivity contribution in [2.75, 3.05) is 12.0 Å². The van der Waals surface area contributed by atoms with Gasteiger partial charge in [0, 0.05) is 11.7 Å². The maximum absolute atomic E-state index is 14.5. The highest BCUT2D eigenvalue weighted by atomic mass is 32.3. The standard InChI is InChI=1S/C19H21F17O4S2/c1-3-10(37)9-41(2,11-7-5-4-6-8-11)40-42(38,39)19(35,36)17(30,31)15(26,27)13(22,23)12(20,21)14(24,25)16(28,29)18(32,33)34/h11H,3-9H2,1-2H3. The molecule has 0 aromatic rings. The molecule has 0 amide bonds. The Bertz CT molecular complexity index is 1100. The van der Waals surface area contributed by atoms with E-state index in [1.807, 2.05) is 0 Å². The van der Waals surface area contributed by atoms with Crippen LogP contribution in [0.2, 0.25) is 0 Å². The van der Waals surface area contributed by atoms with Gasteiger partial charge in [0.05, 0.1) is 5.75 Å². The molecule has 0 radical (unpaired) electrons. The van der Waals surface area contributed by atoms with Gasteiger partial charge in [-0.3, -0.25) is 4.79 Å². The molecule has 0 aromatic carbocycles. The maximum Gasteiger partial charge on any atom is 0.460 e. The molecule has 1 unspecified atom stereocenters. The molecule has 252 valence electrons. The van der Waals surface area contributed by atoms with E-state index in [1.165, 1.54) is 0 Å². The van der Waals surface area contributed by atoms with Crippen molar-refractivity contribution in [3.05, 3.63) is 0 Å². The number of Topliss-reactive ketones (excluding diaryl/α,β-unsaturated/α-hetero) is 1. The fourth-order valence-corrected chi connectivity index (χ4v) is 9.20. The SMILES string of the molecule is CCC(=O)CS(C)(OS(=O)(=O)C(F)(F)C(F)(F)C(F)(F)C(F)(F)C(F)(F)C(F)(F)C(F)(F)C(F)(F)F)C1CCCCC1. The Balaban J connectivity index is 3.73. The fourth-order valence-electron chi connectivity index (χ4n) is 3.74. The van der Waals surface area contributed by atoms with Crippen LogP contribution in [-0.4, -0.2) is 78.4 Å². The molecule has 23 heteroatoms. The summed E-state index contributed by atoms with van der Waals surface area (Å²) in [5, 5.41) is -8.95. The zero-order valence-electron chi connectivity index (χ0n) is 20.9. The zero-order chi connectivity index (χ0) is 33.8. The summed E-state index contributed by atoms with van der Waals surface area (Å²) in [4.78, 5) is 11.9. The lowest BCUT2D eigenvalue weighted by Crippen LogP contribution is -2.75. The van der Waals surface area contributed by atoms with Crippen LogP contribution in [0, 0.1) is 0 Å². The number of hydrogen-bond acceptors (Lipinski definition) is 4. The molecule has 0 aliphatic heterocycles. The van der Waals surface area contributed by atoms with Crippen LogP contribution in [0.3, 0.4) is 0 Å². The van der Waals surface area contributed by atoms with E-state index in [-0.39, 0.29) is 25.7 Å². The van der Waals surface area contributed by atoms with Crippen LogP contribution in [0.15, 0.2) is 0 Å². The van der Waals surface area contributed by atoms with Crippen molar-refractivity contribution in [3.8, 4) is 0 Å². The summed E-state index contributed by atoms with van der Waals surface area (Å²) in [6, 6.07) is 0. The Labute approximate surface area is 227 Å². The lowest BCUT2D eigenvalue weighted by molar-refractivity contribution is -0.458. The minimum Gasteiger partial charge on any atom is -0.299 e. The molecule has 1 aliphatic rings. The normalized spacial score (nSPS) is 20.3. The van der Waals surface area contributed by atoms with Crippen molar-refractivity contribution in [2.24, 2.45) is 0 Å². The molecule has 0 N–H and O–H groups in total. The smallest absolute Gasteiger partial charge is 0.299 e. The van der Waals surface area contributed by atoms with E-state index in [0.29, 0.717) is 12.7 Å². The number of carbonyl (C=O) groups is 1. The van der Waals surface area contributed by atoms with Crippen LogP contribution in [0.25, 0.3) is 0 Å². The van der Waals surface area contributed by atoms with E-state index in [4.69, 9.17) is 0 Å². The largest absolute Gasteiger partial charge is 0.460 e. The highest BCUT2D eigenvalue weighted by molar-refractivity contribution is 8.33. The molecule has 1 fully saturated rings. The van der Waals surface area contributed by atoms with Crippen molar-refractivity contribution in [1.29, 1.82) is 0 Å². The fraction of sp³-hybridized carbons (Fsp3) is 0.947. The van der Waals surface area contributed by atoms with Crippen molar-refractivity contribution in [2.45, 2.75) is 97.7 Å². The monoisotopic (exact) mass is 700 g/mol. The molecule has 1 aliphatic carbocycles. The summed E-state index contributed by atoms with van der Waals surface area (Å²) in [5.74, 6) is -54.1. The lowest BCUT2D eigenvalue weighted by atomic mass is 9.91. The quantitative estimate of drug-likeness (QED) is 0.183. The van der Waals surface area contributed by atoms with Crippen LogP contribution in [0.5, 0.6) is 0 Å². The second-order valence-corrected chi connectivity index (χ2v) is 14.4. The van der Waals surface area contributed by atoms with E-state index in [9.17, 15) is 87.8 Å². The molecular weight excluding hydrogens is 679 g/mol. The molecule has 0 bridgehead atoms. The summed E-state index contributed by atoms with van der Waals surface area (Å²) in [6.07, 6.45) is -7.02. The van der Waals surface area contributed by atoms with E-state index >= 15 is 0 Å². The Morgan fingerprint density at radius 2 is 1.00 bits per heavy atom. The Hall–Kier alpha value is -1.26. The molecular formula is C19H21F17O4S2. The van der Waals surface area contributed by atoms with E-state index in [0.717, 1.165) is 6.92 Å². The second-order valence-electron chi connectivity index (χ2n) is 9.35. The number of ketones is 1. The summed E-state index contributed by atoms with van der Waals surface area (Å²) >= 11 is 0. The third kappa shape index (κ3) is 5.78. The van der Waals surface area contributed by atoms with Crippen molar-refractivity contribution in [3.63, 3.8) is 0 Å². The first-order chi connectivity index (χ1) is 18.3. The van der Waals surface area contributed by atoms with Crippen LogP contribution < -0.4 is 0 Å². The van der Waals surface area contributed by atoms with Gasteiger partial charge >= 0.3 is 57.1 Å². The van der Waals surface area contributed by atoms with Crippen LogP contribution >= 0.6 is 10.3 Å². The Morgan fingerprint density at radius 1 is 0.643 bits per heavy atom. The van der Waals surface area contributed by atoms with Gasteiger partial charge in [-0.15, -0.1) is 10.3 Å². The van der Waals surface area contributed by atoms with Gasteiger partial charge in [-0.05, 0) is 19.1 Å². The van der Waals surface area contributed by atoms with Gasteiger partial charge in [0.2, 0.25) is 0 Å². The van der Waals surface area contributed by atoms with Crippen LogP contribution in [0.1, 0.15) is 45.4 Å². The first-order valence-electron chi connectivity index (χ1n) is 11.2. The predicted molar refractivity (Wildman–Crippen MR) is 111 cm³/mol. The molecule has 4 nitrogen and oxygen atoms in total. The second kappa shape index (κ2) is 11.3. The van der Waals surface area contributed by atoms with Gasteiger partial charge in [0.1, 0.15) is 5.78 Å². The van der Waals surface area contributed by atoms with Crippen LogP contribution in [0.4, 0.5) is 74.6 Å². The first-order valence-corrected chi connectivity index (χ1v) is 14.8. The van der Waals surface area contributed by atoms with Crippen LogP contribution in [-0.2, 0) is 18.5 Å². The van der Waals surface area contributed by atoms with E-state index in [1.54, 1.807) is 0 Å². The molecule has 1 atom stereocenters. The maximum atomic E-state index is 14.5. The summed E-state index contributed by atoms with van der Waals surface area (Å²) in [6.45, 7) is 1.15. The number of rotatable bonds is 13. The van der Waals surface area contributed by atoms with Gasteiger partial charge < -0.3 is 0 Å². The summed E-state index contributed by atoms with van der Waals surface area (Å²) < 4.78 is 258. The van der Waals surface area contributed by atoms with E-state index < -0.39 is 90.6 Å². The van der Waals surface area contributed by atoms with Gasteiger partial charge in [-0.25, -0.2) is 3.63 Å². The van der Waals surface area contributed by atoms with Gasteiger partial charge in [0.25, 0.3) is 0 Å². The number of alkyl halides is 17. The number of hydrogen-bond donors (Lipinski definition) is 0. The van der Waals surface area contributed by atoms with Gasteiger partial charge in [-0.2, -0.15) is 83.1 Å². The van der Waals surface area contributed by atoms with Gasteiger partial charge in [-0.1, -0.05) is 26.2 Å². The van der Waals surface area contributed by atoms with Crippen molar-refractivity contribution >= 4 is 26.2 Å². The number of carbonyl (C=O) groups excluding carboxylic acids is 1. The molecule has 0 saturated heterocycles. The zero-order valence-corrected chi connectivity index (χ0v) is 22.5. The minimum absolute atomic E-state index is 0.108. The third-order valence-corrected chi connectivity index (χ3v) is 12.0. The summed E-state index contributed by atoms with van der Waals surface area (Å²) in [5.41, 5.74) is 0. The molecule has 0 heterocycles. The summed E-state index contributed by atoms with van der Waals surface area (Å²) in [7, 11) is -11.6. The molecule has 1 rings (SSSR count). The predicted octanol–water partition coefficient (Wildman–Crippen LogP) is 7.96. The molecule has 0 aromatic heterocycles. The van der Waals surface area contributed by atoms with E-state index in [2.05, 4.69) is 3.63 Å². The first kappa shape index (κ1) is 38.8. The number of halogens is 17. The Kier molecular flexibility index (Phi) is 10.4. The average molecular weight is 700 g/mol. The lowest BCUT2D eigenvalue weighted by Gasteiger charge is -2.45. The highest BCUT2D eigenvalue weighted by Gasteiger charge is 2.96. The Morgan fingerprint density at radius 3 is 1.36 bits per heavy atom. The molecule has 0 spiro atoms. The third-order valence-electron chi connectivity index (χ3n) is 6.35. The minimum atomic E-state index is -8.92. The molecule has 42 heavy (non-hydrogen) atoms. The van der Waals surface area contributed by atoms with Crippen molar-refractivity contribution < 1.29 is 91.5 Å².